The highest BCUT2D eigenvalue weighted by Crippen LogP contribution is 2.41. The van der Waals surface area contributed by atoms with Crippen LogP contribution in [0.2, 0.25) is 0 Å². The number of aliphatic hydroxyl groups is 1. The average Bonchev–Trinajstić information content (AvgIpc) is 2.43. The van der Waals surface area contributed by atoms with Gasteiger partial charge in [0.15, 0.2) is 0 Å². The number of rotatable bonds is 0. The topological polar surface area (TPSA) is 46.5 Å². The SMILES string of the molecule is C[C@H]1[C@@H]2COC(=O)[C@@H]2C[C@@H]1O. The molecule has 0 aromatic heterocycles. The van der Waals surface area contributed by atoms with Gasteiger partial charge in [0.1, 0.15) is 0 Å². The van der Waals surface area contributed by atoms with Gasteiger partial charge in [0.25, 0.3) is 0 Å². The van der Waals surface area contributed by atoms with E-state index in [0.717, 1.165) is 0 Å². The molecule has 3 heteroatoms. The van der Waals surface area contributed by atoms with E-state index in [2.05, 4.69) is 0 Å². The molecule has 2 fully saturated rings. The lowest BCUT2D eigenvalue weighted by Gasteiger charge is -2.12. The molecule has 0 radical (unpaired) electrons. The van der Waals surface area contributed by atoms with Crippen molar-refractivity contribution in [3.8, 4) is 0 Å². The van der Waals surface area contributed by atoms with Gasteiger partial charge >= 0.3 is 5.97 Å². The zero-order valence-electron chi connectivity index (χ0n) is 6.49. The van der Waals surface area contributed by atoms with Crippen molar-refractivity contribution in [2.45, 2.75) is 19.4 Å². The molecule has 0 bridgehead atoms. The van der Waals surface area contributed by atoms with Crippen LogP contribution in [0.1, 0.15) is 13.3 Å². The van der Waals surface area contributed by atoms with E-state index in [1.807, 2.05) is 6.92 Å². The van der Waals surface area contributed by atoms with Gasteiger partial charge < -0.3 is 9.84 Å². The second kappa shape index (κ2) is 2.21. The molecule has 1 heterocycles. The fraction of sp³-hybridized carbons (Fsp3) is 0.875. The van der Waals surface area contributed by atoms with Crippen molar-refractivity contribution in [1.29, 1.82) is 0 Å². The van der Waals surface area contributed by atoms with E-state index in [4.69, 9.17) is 4.74 Å². The Bertz CT molecular complexity index is 190. The molecule has 2 aliphatic rings. The number of hydrogen-bond donors (Lipinski definition) is 1. The summed E-state index contributed by atoms with van der Waals surface area (Å²) in [4.78, 5) is 11.0. The number of carbonyl (C=O) groups is 1. The Hall–Kier alpha value is -0.570. The van der Waals surface area contributed by atoms with E-state index in [1.54, 1.807) is 0 Å². The van der Waals surface area contributed by atoms with E-state index in [0.29, 0.717) is 13.0 Å². The number of aliphatic hydroxyl groups excluding tert-OH is 1. The minimum atomic E-state index is -0.294. The molecule has 2 rings (SSSR count). The first-order valence-electron chi connectivity index (χ1n) is 4.05. The lowest BCUT2D eigenvalue weighted by atomic mass is 9.93. The number of hydrogen-bond acceptors (Lipinski definition) is 3. The molecule has 0 amide bonds. The summed E-state index contributed by atoms with van der Waals surface area (Å²) in [5.41, 5.74) is 0. The monoisotopic (exact) mass is 156 g/mol. The van der Waals surface area contributed by atoms with Gasteiger partial charge in [-0.05, 0) is 12.3 Å². The van der Waals surface area contributed by atoms with Gasteiger partial charge in [-0.2, -0.15) is 0 Å². The Morgan fingerprint density at radius 1 is 1.64 bits per heavy atom. The van der Waals surface area contributed by atoms with Crippen molar-refractivity contribution in [2.75, 3.05) is 6.61 Å². The molecule has 0 spiro atoms. The zero-order chi connectivity index (χ0) is 8.01. The molecule has 3 nitrogen and oxygen atoms in total. The van der Waals surface area contributed by atoms with Crippen LogP contribution in [0, 0.1) is 17.8 Å². The molecule has 1 aliphatic heterocycles. The van der Waals surface area contributed by atoms with E-state index < -0.39 is 0 Å². The van der Waals surface area contributed by atoms with E-state index in [-0.39, 0.29) is 29.8 Å². The summed E-state index contributed by atoms with van der Waals surface area (Å²) in [7, 11) is 0. The van der Waals surface area contributed by atoms with Crippen molar-refractivity contribution < 1.29 is 14.6 Å². The van der Waals surface area contributed by atoms with Crippen molar-refractivity contribution in [3.05, 3.63) is 0 Å². The van der Waals surface area contributed by atoms with Crippen LogP contribution < -0.4 is 0 Å². The smallest absolute Gasteiger partial charge is 0.309 e. The van der Waals surface area contributed by atoms with Crippen LogP contribution in [0.25, 0.3) is 0 Å². The standard InChI is InChI=1S/C8H12O3/c1-4-6-3-11-8(10)5(6)2-7(4)9/h4-7,9H,2-3H2,1H3/t4-,5+,6-,7-/m0/s1. The maximum Gasteiger partial charge on any atom is 0.309 e. The lowest BCUT2D eigenvalue weighted by Crippen LogP contribution is -2.17. The molecule has 1 saturated heterocycles. The Labute approximate surface area is 65.4 Å². The first-order valence-corrected chi connectivity index (χ1v) is 4.05. The van der Waals surface area contributed by atoms with Gasteiger partial charge in [0.2, 0.25) is 0 Å². The summed E-state index contributed by atoms with van der Waals surface area (Å²) < 4.78 is 4.89. The van der Waals surface area contributed by atoms with Crippen molar-refractivity contribution in [1.82, 2.24) is 0 Å². The highest BCUT2D eigenvalue weighted by atomic mass is 16.5. The minimum absolute atomic E-state index is 0.0139. The Kier molecular flexibility index (Phi) is 1.42. The van der Waals surface area contributed by atoms with Crippen LogP contribution in [0.5, 0.6) is 0 Å². The third kappa shape index (κ3) is 0.872. The molecule has 4 atom stereocenters. The van der Waals surface area contributed by atoms with Gasteiger partial charge in [0.05, 0.1) is 18.6 Å². The summed E-state index contributed by atoms with van der Waals surface area (Å²) in [6.45, 7) is 2.50. The van der Waals surface area contributed by atoms with Crippen LogP contribution >= 0.6 is 0 Å². The molecule has 1 saturated carbocycles. The summed E-state index contributed by atoms with van der Waals surface area (Å²) in [6.07, 6.45) is 0.308. The Morgan fingerprint density at radius 2 is 2.36 bits per heavy atom. The number of fused-ring (bicyclic) bond motifs is 1. The molecular formula is C8H12O3. The van der Waals surface area contributed by atoms with Crippen molar-refractivity contribution in [3.63, 3.8) is 0 Å². The molecular weight excluding hydrogens is 144 g/mol. The fourth-order valence-electron chi connectivity index (χ4n) is 2.13. The van der Waals surface area contributed by atoms with E-state index in [1.165, 1.54) is 0 Å². The number of ether oxygens (including phenoxy) is 1. The van der Waals surface area contributed by atoms with Gasteiger partial charge in [-0.1, -0.05) is 6.92 Å². The predicted octanol–water partition coefficient (Wildman–Crippen LogP) is 0.176. The van der Waals surface area contributed by atoms with E-state index >= 15 is 0 Å². The molecule has 62 valence electrons. The van der Waals surface area contributed by atoms with Crippen LogP contribution in [-0.2, 0) is 9.53 Å². The van der Waals surface area contributed by atoms with Crippen molar-refractivity contribution >= 4 is 5.97 Å². The summed E-state index contributed by atoms with van der Waals surface area (Å²) in [5.74, 6) is 0.377. The molecule has 11 heavy (non-hydrogen) atoms. The quantitative estimate of drug-likeness (QED) is 0.509. The Morgan fingerprint density at radius 3 is 3.00 bits per heavy atom. The molecule has 0 unspecified atom stereocenters. The van der Waals surface area contributed by atoms with Gasteiger partial charge in [0, 0.05) is 5.92 Å². The van der Waals surface area contributed by atoms with Crippen molar-refractivity contribution in [2.24, 2.45) is 17.8 Å². The van der Waals surface area contributed by atoms with Crippen LogP contribution in [-0.4, -0.2) is 23.8 Å². The third-order valence-electron chi connectivity index (χ3n) is 3.02. The summed E-state index contributed by atoms with van der Waals surface area (Å²) in [6, 6.07) is 0. The summed E-state index contributed by atoms with van der Waals surface area (Å²) in [5, 5.41) is 9.41. The minimum Gasteiger partial charge on any atom is -0.465 e. The number of esters is 1. The largest absolute Gasteiger partial charge is 0.465 e. The molecule has 1 aliphatic carbocycles. The maximum absolute atomic E-state index is 11.0. The van der Waals surface area contributed by atoms with Crippen LogP contribution in [0.4, 0.5) is 0 Å². The van der Waals surface area contributed by atoms with E-state index in [9.17, 15) is 9.90 Å². The second-order valence-corrected chi connectivity index (χ2v) is 3.56. The first kappa shape index (κ1) is 7.10. The van der Waals surface area contributed by atoms with Gasteiger partial charge in [-0.25, -0.2) is 0 Å². The number of carbonyl (C=O) groups excluding carboxylic acids is 1. The van der Waals surface area contributed by atoms with Gasteiger partial charge in [-0.3, -0.25) is 4.79 Å². The number of cyclic esters (lactones) is 1. The zero-order valence-corrected chi connectivity index (χ0v) is 6.49. The maximum atomic E-state index is 11.0. The van der Waals surface area contributed by atoms with Crippen LogP contribution in [0.3, 0.4) is 0 Å². The average molecular weight is 156 g/mol. The Balaban J connectivity index is 2.18. The fourth-order valence-corrected chi connectivity index (χ4v) is 2.13. The lowest BCUT2D eigenvalue weighted by molar-refractivity contribution is -0.141. The highest BCUT2D eigenvalue weighted by Gasteiger charge is 2.48. The molecule has 0 aromatic rings. The summed E-state index contributed by atoms with van der Waals surface area (Å²) >= 11 is 0. The molecule has 1 N–H and O–H groups in total. The highest BCUT2D eigenvalue weighted by molar-refractivity contribution is 5.75. The second-order valence-electron chi connectivity index (χ2n) is 3.56. The van der Waals surface area contributed by atoms with Crippen LogP contribution in [0.15, 0.2) is 0 Å². The predicted molar refractivity (Wildman–Crippen MR) is 37.7 cm³/mol. The third-order valence-corrected chi connectivity index (χ3v) is 3.02. The normalized spacial score (nSPS) is 49.1. The molecule has 0 aromatic carbocycles. The first-order chi connectivity index (χ1) is 5.20. The van der Waals surface area contributed by atoms with Gasteiger partial charge in [-0.15, -0.1) is 0 Å².